The molecule has 22 heavy (non-hydrogen) atoms. The van der Waals surface area contributed by atoms with E-state index in [9.17, 15) is 13.5 Å². The lowest BCUT2D eigenvalue weighted by atomic mass is 10.2. The van der Waals surface area contributed by atoms with Gasteiger partial charge in [0.2, 0.25) is 0 Å². The molecule has 0 heterocycles. The molecule has 0 saturated carbocycles. The highest BCUT2D eigenvalue weighted by atomic mass is 32.2. The standard InChI is InChI=1S/C15H16N2O4S/c1-2-21-14-10-6-7-12(15(14)18)11-16-17-22(19,20)13-8-4-3-5-9-13/h3-11,17-18H,2H2,1H3/b16-11-. The van der Waals surface area contributed by atoms with Crippen molar-refractivity contribution >= 4 is 16.2 Å². The van der Waals surface area contributed by atoms with Crippen LogP contribution >= 0.6 is 0 Å². The number of ether oxygens (including phenoxy) is 1. The minimum Gasteiger partial charge on any atom is -0.504 e. The van der Waals surface area contributed by atoms with Gasteiger partial charge < -0.3 is 9.84 Å². The molecular weight excluding hydrogens is 304 g/mol. The van der Waals surface area contributed by atoms with Crippen molar-refractivity contribution in [3.63, 3.8) is 0 Å². The molecule has 0 aromatic heterocycles. The quantitative estimate of drug-likeness (QED) is 0.630. The van der Waals surface area contributed by atoms with E-state index in [2.05, 4.69) is 9.93 Å². The van der Waals surface area contributed by atoms with Crippen LogP contribution in [0, 0.1) is 0 Å². The zero-order valence-corrected chi connectivity index (χ0v) is 12.7. The maximum atomic E-state index is 12.0. The highest BCUT2D eigenvalue weighted by Crippen LogP contribution is 2.28. The van der Waals surface area contributed by atoms with E-state index in [1.165, 1.54) is 18.3 Å². The maximum absolute atomic E-state index is 12.0. The third kappa shape index (κ3) is 3.76. The molecule has 7 heteroatoms. The molecule has 116 valence electrons. The third-order valence-corrected chi connectivity index (χ3v) is 4.00. The van der Waals surface area contributed by atoms with Crippen molar-refractivity contribution in [3.8, 4) is 11.5 Å². The van der Waals surface area contributed by atoms with Crippen LogP contribution in [0.3, 0.4) is 0 Å². The Morgan fingerprint density at radius 1 is 1.18 bits per heavy atom. The monoisotopic (exact) mass is 320 g/mol. The number of sulfonamides is 1. The summed E-state index contributed by atoms with van der Waals surface area (Å²) in [5.41, 5.74) is 0.349. The van der Waals surface area contributed by atoms with E-state index in [1.54, 1.807) is 43.3 Å². The van der Waals surface area contributed by atoms with Gasteiger partial charge in [-0.15, -0.1) is 0 Å². The van der Waals surface area contributed by atoms with E-state index in [0.717, 1.165) is 0 Å². The SMILES string of the molecule is CCOc1cccc(/C=N\NS(=O)(=O)c2ccccc2)c1O. The molecule has 0 aliphatic carbocycles. The Morgan fingerprint density at radius 3 is 2.59 bits per heavy atom. The molecule has 0 aliphatic rings. The molecule has 0 saturated heterocycles. The molecule has 0 aliphatic heterocycles. The number of rotatable bonds is 6. The van der Waals surface area contributed by atoms with E-state index in [0.29, 0.717) is 17.9 Å². The summed E-state index contributed by atoms with van der Waals surface area (Å²) in [5, 5.41) is 13.6. The molecule has 0 bridgehead atoms. The van der Waals surface area contributed by atoms with Crippen LogP contribution in [0.25, 0.3) is 0 Å². The molecule has 6 nitrogen and oxygen atoms in total. The van der Waals surface area contributed by atoms with E-state index in [4.69, 9.17) is 4.74 Å². The molecule has 0 atom stereocenters. The molecule has 2 aromatic rings. The van der Waals surface area contributed by atoms with Crippen LogP contribution < -0.4 is 9.57 Å². The van der Waals surface area contributed by atoms with Gasteiger partial charge in [-0.1, -0.05) is 24.3 Å². The molecule has 0 amide bonds. The van der Waals surface area contributed by atoms with Gasteiger partial charge in [0.15, 0.2) is 11.5 Å². The summed E-state index contributed by atoms with van der Waals surface area (Å²) >= 11 is 0. The number of hydrogen-bond acceptors (Lipinski definition) is 5. The highest BCUT2D eigenvalue weighted by molar-refractivity contribution is 7.89. The molecule has 0 spiro atoms. The number of benzene rings is 2. The topological polar surface area (TPSA) is 88.0 Å². The fourth-order valence-electron chi connectivity index (χ4n) is 1.73. The first-order chi connectivity index (χ1) is 10.5. The Bertz CT molecular complexity index is 758. The lowest BCUT2D eigenvalue weighted by molar-refractivity contribution is 0.318. The number of hydrogen-bond donors (Lipinski definition) is 2. The number of hydrazone groups is 1. The van der Waals surface area contributed by atoms with Crippen molar-refractivity contribution in [1.82, 2.24) is 4.83 Å². The second-order valence-electron chi connectivity index (χ2n) is 4.29. The average molecular weight is 320 g/mol. The summed E-state index contributed by atoms with van der Waals surface area (Å²) in [6.07, 6.45) is 1.22. The van der Waals surface area contributed by atoms with E-state index in [-0.39, 0.29) is 10.6 Å². The first kappa shape index (κ1) is 15.8. The second-order valence-corrected chi connectivity index (χ2v) is 5.95. The first-order valence-corrected chi connectivity index (χ1v) is 8.07. The van der Waals surface area contributed by atoms with Gasteiger partial charge in [0.25, 0.3) is 10.0 Å². The van der Waals surface area contributed by atoms with Gasteiger partial charge in [-0.2, -0.15) is 13.5 Å². The fourth-order valence-corrected chi connectivity index (χ4v) is 2.55. The first-order valence-electron chi connectivity index (χ1n) is 6.59. The molecule has 0 radical (unpaired) electrons. The number of phenols is 1. The molecule has 2 rings (SSSR count). The van der Waals surface area contributed by atoms with Crippen molar-refractivity contribution in [2.45, 2.75) is 11.8 Å². The van der Waals surface area contributed by atoms with Crippen molar-refractivity contribution in [2.24, 2.45) is 5.10 Å². The third-order valence-electron chi connectivity index (χ3n) is 2.76. The normalized spacial score (nSPS) is 11.5. The number of para-hydroxylation sites is 1. The minimum atomic E-state index is -3.72. The summed E-state index contributed by atoms with van der Waals surface area (Å²) in [6, 6.07) is 12.8. The van der Waals surface area contributed by atoms with Crippen molar-refractivity contribution < 1.29 is 18.3 Å². The molecule has 2 aromatic carbocycles. The predicted octanol–water partition coefficient (Wildman–Crippen LogP) is 2.10. The van der Waals surface area contributed by atoms with Gasteiger partial charge in [-0.25, -0.2) is 4.83 Å². The van der Waals surface area contributed by atoms with Crippen LogP contribution in [0.15, 0.2) is 58.5 Å². The largest absolute Gasteiger partial charge is 0.504 e. The molecule has 2 N–H and O–H groups in total. The van der Waals surface area contributed by atoms with Crippen LogP contribution in [-0.4, -0.2) is 26.3 Å². The van der Waals surface area contributed by atoms with Gasteiger partial charge in [0, 0.05) is 5.56 Å². The minimum absolute atomic E-state index is 0.0907. The van der Waals surface area contributed by atoms with Crippen molar-refractivity contribution in [2.75, 3.05) is 6.61 Å². The summed E-state index contributed by atoms with van der Waals surface area (Å²) in [7, 11) is -3.72. The van der Waals surface area contributed by atoms with E-state index < -0.39 is 10.0 Å². The van der Waals surface area contributed by atoms with Gasteiger partial charge in [-0.05, 0) is 31.2 Å². The molecular formula is C15H16N2O4S. The predicted molar refractivity (Wildman–Crippen MR) is 83.6 cm³/mol. The summed E-state index contributed by atoms with van der Waals surface area (Å²) < 4.78 is 29.2. The zero-order valence-electron chi connectivity index (χ0n) is 11.9. The van der Waals surface area contributed by atoms with Crippen LogP contribution in [-0.2, 0) is 10.0 Å². The lowest BCUT2D eigenvalue weighted by Gasteiger charge is -2.07. The Balaban J connectivity index is 2.15. The zero-order chi connectivity index (χ0) is 16.0. The van der Waals surface area contributed by atoms with Crippen molar-refractivity contribution in [3.05, 3.63) is 54.1 Å². The molecule has 0 fully saturated rings. The number of aromatic hydroxyl groups is 1. The Morgan fingerprint density at radius 2 is 1.91 bits per heavy atom. The van der Waals surface area contributed by atoms with Gasteiger partial charge in [0.05, 0.1) is 17.7 Å². The Kier molecular flexibility index (Phi) is 5.00. The van der Waals surface area contributed by atoms with Crippen LogP contribution in [0.5, 0.6) is 11.5 Å². The average Bonchev–Trinajstić information content (AvgIpc) is 2.52. The summed E-state index contributed by atoms with van der Waals surface area (Å²) in [5.74, 6) is 0.226. The van der Waals surface area contributed by atoms with Crippen LogP contribution in [0.4, 0.5) is 0 Å². The lowest BCUT2D eigenvalue weighted by Crippen LogP contribution is -2.18. The van der Waals surface area contributed by atoms with Crippen LogP contribution in [0.2, 0.25) is 0 Å². The van der Waals surface area contributed by atoms with E-state index in [1.807, 2.05) is 0 Å². The van der Waals surface area contributed by atoms with E-state index >= 15 is 0 Å². The molecule has 0 unspecified atom stereocenters. The van der Waals surface area contributed by atoms with Gasteiger partial charge in [-0.3, -0.25) is 0 Å². The fraction of sp³-hybridized carbons (Fsp3) is 0.133. The summed E-state index contributed by atoms with van der Waals surface area (Å²) in [6.45, 7) is 2.21. The van der Waals surface area contributed by atoms with Crippen LogP contribution in [0.1, 0.15) is 12.5 Å². The Hall–Kier alpha value is -2.54. The highest BCUT2D eigenvalue weighted by Gasteiger charge is 2.11. The number of nitrogens with one attached hydrogen (secondary N) is 1. The Labute approximate surface area is 129 Å². The number of nitrogens with zero attached hydrogens (tertiary/aromatic N) is 1. The van der Waals surface area contributed by atoms with Crippen molar-refractivity contribution in [1.29, 1.82) is 0 Å². The smallest absolute Gasteiger partial charge is 0.276 e. The van der Waals surface area contributed by atoms with Gasteiger partial charge in [0.1, 0.15) is 0 Å². The second kappa shape index (κ2) is 6.95. The maximum Gasteiger partial charge on any atom is 0.276 e. The summed E-state index contributed by atoms with van der Waals surface area (Å²) in [4.78, 5) is 2.20. The number of phenolic OH excluding ortho intramolecular Hbond substituents is 1. The van der Waals surface area contributed by atoms with Gasteiger partial charge >= 0.3 is 0 Å².